The minimum absolute atomic E-state index is 0.273. The van der Waals surface area contributed by atoms with Crippen LogP contribution in [0.3, 0.4) is 0 Å². The third-order valence-electron chi connectivity index (χ3n) is 10.5. The van der Waals surface area contributed by atoms with Crippen LogP contribution in [0.25, 0.3) is 17.2 Å². The Morgan fingerprint density at radius 2 is 1.57 bits per heavy atom. The summed E-state index contributed by atoms with van der Waals surface area (Å²) >= 11 is 0. The maximum atomic E-state index is 2.61. The molecule has 4 aromatic rings. The Hall–Kier alpha value is -4.30. The average molecular weight is 511 g/mol. The van der Waals surface area contributed by atoms with Gasteiger partial charge in [-0.3, -0.25) is 0 Å². The predicted octanol–water partition coefficient (Wildman–Crippen LogP) is 7.29. The quantitative estimate of drug-likeness (QED) is 0.210. The summed E-state index contributed by atoms with van der Waals surface area (Å²) in [7, 11) is 0. The van der Waals surface area contributed by atoms with Gasteiger partial charge in [0.25, 0.3) is 0 Å². The SMILES string of the molecule is Cc1c(C)c(C)c2c(c1C)B1c3ccccc3-c3cccc(c31)N2c1cc2c3c(c1)CC=C1C=CC=C(C=C2)C13. The van der Waals surface area contributed by atoms with Gasteiger partial charge in [0.15, 0.2) is 0 Å². The minimum Gasteiger partial charge on any atom is -0.311 e. The van der Waals surface area contributed by atoms with Crippen molar-refractivity contribution in [3.8, 4) is 11.1 Å². The van der Waals surface area contributed by atoms with Gasteiger partial charge in [-0.2, -0.15) is 0 Å². The summed E-state index contributed by atoms with van der Waals surface area (Å²) in [5.41, 5.74) is 24.0. The summed E-state index contributed by atoms with van der Waals surface area (Å²) in [5, 5.41) is 0. The summed E-state index contributed by atoms with van der Waals surface area (Å²) in [6, 6.07) is 21.0. The second-order valence-corrected chi connectivity index (χ2v) is 12.2. The molecule has 3 aliphatic carbocycles. The number of allylic oxidation sites excluding steroid dienone is 7. The topological polar surface area (TPSA) is 3.24 Å². The molecule has 0 amide bonds. The highest BCUT2D eigenvalue weighted by molar-refractivity contribution is 7.01. The second-order valence-electron chi connectivity index (χ2n) is 12.2. The molecule has 1 unspecified atom stereocenters. The fourth-order valence-corrected chi connectivity index (χ4v) is 8.34. The van der Waals surface area contributed by atoms with E-state index in [1.165, 1.54) is 94.7 Å². The van der Waals surface area contributed by atoms with Crippen molar-refractivity contribution in [2.75, 3.05) is 4.90 Å². The van der Waals surface area contributed by atoms with Gasteiger partial charge in [0.1, 0.15) is 0 Å². The highest BCUT2D eigenvalue weighted by Gasteiger charge is 2.44. The lowest BCUT2D eigenvalue weighted by Crippen LogP contribution is -2.56. The summed E-state index contributed by atoms with van der Waals surface area (Å²) in [5.74, 6) is 0.380. The molecule has 0 aromatic heterocycles. The summed E-state index contributed by atoms with van der Waals surface area (Å²) < 4.78 is 0. The first-order chi connectivity index (χ1) is 19.5. The predicted molar refractivity (Wildman–Crippen MR) is 171 cm³/mol. The van der Waals surface area contributed by atoms with Gasteiger partial charge in [-0.15, -0.1) is 0 Å². The number of hydrogen-bond acceptors (Lipinski definition) is 1. The van der Waals surface area contributed by atoms with E-state index in [9.17, 15) is 0 Å². The van der Waals surface area contributed by atoms with E-state index in [2.05, 4.69) is 124 Å². The molecule has 1 nitrogen and oxygen atoms in total. The van der Waals surface area contributed by atoms with Crippen LogP contribution in [0, 0.1) is 27.7 Å². The number of nitrogens with zero attached hydrogens (tertiary/aromatic N) is 1. The van der Waals surface area contributed by atoms with Gasteiger partial charge in [-0.05, 0) is 119 Å². The lowest BCUT2D eigenvalue weighted by atomic mass is 9.36. The standard InChI is InChI=1S/C38H30BN/c1-21-22(2)24(4)38-36(23(21)3)39-32-13-6-5-11-30(32)31-12-8-14-33(37(31)39)40(38)29-19-27-17-15-25-9-7-10-26-16-18-28(20-29)35(27)34(25)26/h5-17,19-20,34H,18H2,1-4H3. The number of fused-ring (bicyclic) bond motifs is 5. The van der Waals surface area contributed by atoms with Crippen molar-refractivity contribution in [2.45, 2.75) is 40.0 Å². The van der Waals surface area contributed by atoms with Gasteiger partial charge in [0.2, 0.25) is 6.71 Å². The Morgan fingerprint density at radius 3 is 2.48 bits per heavy atom. The van der Waals surface area contributed by atoms with Crippen LogP contribution in [-0.4, -0.2) is 6.71 Å². The highest BCUT2D eigenvalue weighted by atomic mass is 15.2. The largest absolute Gasteiger partial charge is 0.311 e. The molecule has 0 fully saturated rings. The lowest BCUT2D eigenvalue weighted by molar-refractivity contribution is 0.891. The van der Waals surface area contributed by atoms with Gasteiger partial charge in [-0.25, -0.2) is 0 Å². The smallest absolute Gasteiger partial charge is 0.248 e. The van der Waals surface area contributed by atoms with Crippen molar-refractivity contribution in [2.24, 2.45) is 0 Å². The monoisotopic (exact) mass is 511 g/mol. The number of anilines is 3. The van der Waals surface area contributed by atoms with Crippen LogP contribution < -0.4 is 21.3 Å². The molecule has 2 heterocycles. The van der Waals surface area contributed by atoms with Crippen molar-refractivity contribution < 1.29 is 0 Å². The molecule has 0 spiro atoms. The van der Waals surface area contributed by atoms with Gasteiger partial charge in [0.05, 0.1) is 0 Å². The third kappa shape index (κ3) is 2.65. The van der Waals surface area contributed by atoms with E-state index in [1.807, 2.05) is 0 Å². The van der Waals surface area contributed by atoms with E-state index in [-0.39, 0.29) is 6.71 Å². The molecular formula is C38H30BN. The molecule has 5 aliphatic rings. The molecule has 9 rings (SSSR count). The van der Waals surface area contributed by atoms with Crippen LogP contribution in [0.5, 0.6) is 0 Å². The van der Waals surface area contributed by atoms with E-state index in [4.69, 9.17) is 0 Å². The molecule has 0 saturated carbocycles. The van der Waals surface area contributed by atoms with Gasteiger partial charge in [-0.1, -0.05) is 83.9 Å². The van der Waals surface area contributed by atoms with Crippen molar-refractivity contribution in [3.05, 3.63) is 135 Å². The van der Waals surface area contributed by atoms with Crippen molar-refractivity contribution in [3.63, 3.8) is 0 Å². The van der Waals surface area contributed by atoms with Crippen LogP contribution in [0.4, 0.5) is 17.1 Å². The number of hydrogen-bond donors (Lipinski definition) is 0. The molecular weight excluding hydrogens is 481 g/mol. The Bertz CT molecular complexity index is 1980. The Kier molecular flexibility index (Phi) is 4.32. The number of rotatable bonds is 1. The van der Waals surface area contributed by atoms with Crippen LogP contribution in [0.15, 0.2) is 96.1 Å². The zero-order chi connectivity index (χ0) is 26.9. The lowest BCUT2D eigenvalue weighted by Gasteiger charge is -2.40. The zero-order valence-corrected chi connectivity index (χ0v) is 23.5. The molecule has 4 aromatic carbocycles. The van der Waals surface area contributed by atoms with E-state index < -0.39 is 0 Å². The van der Waals surface area contributed by atoms with Crippen molar-refractivity contribution in [1.82, 2.24) is 0 Å². The molecule has 0 saturated heterocycles. The average Bonchev–Trinajstić information content (AvgIpc) is 3.33. The molecule has 0 radical (unpaired) electrons. The van der Waals surface area contributed by atoms with E-state index in [0.717, 1.165) is 6.42 Å². The molecule has 0 N–H and O–H groups in total. The summed E-state index contributed by atoms with van der Waals surface area (Å²) in [6.07, 6.45) is 14.9. The first-order valence-electron chi connectivity index (χ1n) is 14.6. The van der Waals surface area contributed by atoms with E-state index in [0.29, 0.717) is 5.92 Å². The normalized spacial score (nSPS) is 18.1. The first-order valence-corrected chi connectivity index (χ1v) is 14.6. The summed E-state index contributed by atoms with van der Waals surface area (Å²) in [6.45, 7) is 9.58. The fourth-order valence-electron chi connectivity index (χ4n) is 8.34. The van der Waals surface area contributed by atoms with Gasteiger partial charge >= 0.3 is 0 Å². The van der Waals surface area contributed by atoms with Crippen LogP contribution >= 0.6 is 0 Å². The summed E-state index contributed by atoms with van der Waals surface area (Å²) in [4.78, 5) is 2.61. The maximum Gasteiger partial charge on any atom is 0.248 e. The molecule has 1 atom stereocenters. The Morgan fingerprint density at radius 1 is 0.750 bits per heavy atom. The number of benzene rings is 4. The highest BCUT2D eigenvalue weighted by Crippen LogP contribution is 2.50. The first kappa shape index (κ1) is 22.5. The minimum atomic E-state index is 0.273. The molecule has 0 bridgehead atoms. The Balaban J connectivity index is 1.36. The third-order valence-corrected chi connectivity index (χ3v) is 10.5. The Labute approximate surface area is 237 Å². The molecule has 190 valence electrons. The van der Waals surface area contributed by atoms with Crippen molar-refractivity contribution in [1.29, 1.82) is 0 Å². The van der Waals surface area contributed by atoms with E-state index >= 15 is 0 Å². The molecule has 40 heavy (non-hydrogen) atoms. The molecule has 2 aliphatic heterocycles. The second kappa shape index (κ2) is 7.67. The maximum absolute atomic E-state index is 2.61. The van der Waals surface area contributed by atoms with E-state index in [1.54, 1.807) is 0 Å². The van der Waals surface area contributed by atoms with Gasteiger partial charge < -0.3 is 4.90 Å². The van der Waals surface area contributed by atoms with Crippen LogP contribution in [0.1, 0.15) is 44.9 Å². The van der Waals surface area contributed by atoms with Crippen molar-refractivity contribution >= 4 is 46.2 Å². The van der Waals surface area contributed by atoms with Crippen LogP contribution in [-0.2, 0) is 6.42 Å². The zero-order valence-electron chi connectivity index (χ0n) is 23.5. The van der Waals surface area contributed by atoms with Gasteiger partial charge in [0, 0.05) is 23.0 Å². The fraction of sp³-hybridized carbons (Fsp3) is 0.158. The molecule has 2 heteroatoms. The van der Waals surface area contributed by atoms with Crippen LogP contribution in [0.2, 0.25) is 0 Å².